The van der Waals surface area contributed by atoms with Gasteiger partial charge in [0.1, 0.15) is 0 Å². The van der Waals surface area contributed by atoms with Crippen molar-refractivity contribution in [2.75, 3.05) is 26.2 Å². The largest absolute Gasteiger partial charge is 0.396 e. The van der Waals surface area contributed by atoms with Crippen molar-refractivity contribution in [1.29, 1.82) is 0 Å². The number of likely N-dealkylation sites (tertiary alicyclic amines) is 1. The Kier molecular flexibility index (Phi) is 4.74. The van der Waals surface area contributed by atoms with Gasteiger partial charge >= 0.3 is 0 Å². The molecule has 13 heavy (non-hydrogen) atoms. The molecule has 1 fully saturated rings. The number of aliphatic hydroxyl groups is 1. The molecular weight excluding hydrogens is 162 g/mol. The highest BCUT2D eigenvalue weighted by molar-refractivity contribution is 4.71. The van der Waals surface area contributed by atoms with Crippen LogP contribution in [0.15, 0.2) is 0 Å². The molecule has 1 saturated heterocycles. The number of nitrogens with zero attached hydrogens (tertiary/aromatic N) is 1. The molecule has 0 spiro atoms. The average Bonchev–Trinajstić information content (AvgIpc) is 2.55. The second-order valence-electron chi connectivity index (χ2n) is 4.69. The minimum Gasteiger partial charge on any atom is -0.396 e. The Labute approximate surface area is 81.9 Å². The molecule has 0 aromatic rings. The van der Waals surface area contributed by atoms with Crippen LogP contribution < -0.4 is 0 Å². The van der Waals surface area contributed by atoms with E-state index in [1.54, 1.807) is 0 Å². The normalized spacial score (nSPS) is 21.2. The summed E-state index contributed by atoms with van der Waals surface area (Å²) in [5, 5.41) is 9.21. The fraction of sp³-hybridized carbons (Fsp3) is 1.00. The lowest BCUT2D eigenvalue weighted by Crippen LogP contribution is -2.29. The van der Waals surface area contributed by atoms with E-state index in [-0.39, 0.29) is 0 Å². The predicted octanol–water partition coefficient (Wildman–Crippen LogP) is 1.74. The van der Waals surface area contributed by atoms with Gasteiger partial charge in [-0.15, -0.1) is 0 Å². The highest BCUT2D eigenvalue weighted by atomic mass is 16.3. The van der Waals surface area contributed by atoms with Crippen molar-refractivity contribution < 1.29 is 5.11 Å². The lowest BCUT2D eigenvalue weighted by molar-refractivity contribution is 0.161. The van der Waals surface area contributed by atoms with E-state index in [0.717, 1.165) is 13.0 Å². The van der Waals surface area contributed by atoms with E-state index in [0.29, 0.717) is 18.4 Å². The molecule has 1 heterocycles. The molecule has 0 saturated carbocycles. The number of aliphatic hydroxyl groups excluding tert-OH is 1. The predicted molar refractivity (Wildman–Crippen MR) is 55.7 cm³/mol. The third kappa shape index (κ3) is 4.10. The Morgan fingerprint density at radius 2 is 1.85 bits per heavy atom. The van der Waals surface area contributed by atoms with Crippen LogP contribution in [-0.4, -0.2) is 36.2 Å². The highest BCUT2D eigenvalue weighted by Gasteiger charge is 2.17. The standard InChI is InChI=1S/C11H23NO/c1-10(2)7-11(9-13)8-12-5-3-4-6-12/h10-11,13H,3-9H2,1-2H3. The van der Waals surface area contributed by atoms with Crippen molar-refractivity contribution >= 4 is 0 Å². The van der Waals surface area contributed by atoms with Crippen molar-refractivity contribution in [1.82, 2.24) is 4.90 Å². The first-order valence-corrected chi connectivity index (χ1v) is 5.55. The van der Waals surface area contributed by atoms with Gasteiger partial charge in [-0.3, -0.25) is 0 Å². The third-order valence-corrected chi connectivity index (χ3v) is 2.78. The summed E-state index contributed by atoms with van der Waals surface area (Å²) in [7, 11) is 0. The topological polar surface area (TPSA) is 23.5 Å². The van der Waals surface area contributed by atoms with E-state index in [2.05, 4.69) is 18.7 Å². The summed E-state index contributed by atoms with van der Waals surface area (Å²) in [6.45, 7) is 8.41. The quantitative estimate of drug-likeness (QED) is 0.705. The first-order valence-electron chi connectivity index (χ1n) is 5.55. The van der Waals surface area contributed by atoms with Gasteiger partial charge in [-0.1, -0.05) is 13.8 Å². The third-order valence-electron chi connectivity index (χ3n) is 2.78. The Hall–Kier alpha value is -0.0800. The molecule has 2 heteroatoms. The minimum atomic E-state index is 0.356. The summed E-state index contributed by atoms with van der Waals surface area (Å²) in [4.78, 5) is 2.49. The first kappa shape index (κ1) is 11.0. The molecule has 0 aromatic heterocycles. The van der Waals surface area contributed by atoms with Gasteiger partial charge in [0.25, 0.3) is 0 Å². The lowest BCUT2D eigenvalue weighted by Gasteiger charge is -2.22. The van der Waals surface area contributed by atoms with Crippen molar-refractivity contribution in [2.45, 2.75) is 33.1 Å². The van der Waals surface area contributed by atoms with Gasteiger partial charge in [0.05, 0.1) is 0 Å². The summed E-state index contributed by atoms with van der Waals surface area (Å²) in [6, 6.07) is 0. The zero-order chi connectivity index (χ0) is 9.68. The second-order valence-corrected chi connectivity index (χ2v) is 4.69. The maximum atomic E-state index is 9.21. The average molecular weight is 185 g/mol. The van der Waals surface area contributed by atoms with Crippen molar-refractivity contribution in [2.24, 2.45) is 11.8 Å². The first-order chi connectivity index (χ1) is 6.22. The molecule has 1 atom stereocenters. The van der Waals surface area contributed by atoms with E-state index < -0.39 is 0 Å². The van der Waals surface area contributed by atoms with Crippen LogP contribution in [0, 0.1) is 11.8 Å². The Bertz CT molecular complexity index is 130. The van der Waals surface area contributed by atoms with Crippen LogP contribution in [-0.2, 0) is 0 Å². The Morgan fingerprint density at radius 3 is 2.31 bits per heavy atom. The molecule has 2 nitrogen and oxygen atoms in total. The Morgan fingerprint density at radius 1 is 1.23 bits per heavy atom. The molecule has 1 N–H and O–H groups in total. The van der Waals surface area contributed by atoms with E-state index in [1.165, 1.54) is 25.9 Å². The SMILES string of the molecule is CC(C)CC(CO)CN1CCCC1. The van der Waals surface area contributed by atoms with Crippen molar-refractivity contribution in [3.63, 3.8) is 0 Å². The van der Waals surface area contributed by atoms with Gasteiger partial charge in [0, 0.05) is 13.2 Å². The van der Waals surface area contributed by atoms with Gasteiger partial charge < -0.3 is 10.0 Å². The number of hydrogen-bond donors (Lipinski definition) is 1. The molecule has 1 aliphatic heterocycles. The van der Waals surface area contributed by atoms with E-state index in [1.807, 2.05) is 0 Å². The maximum absolute atomic E-state index is 9.21. The van der Waals surface area contributed by atoms with Crippen molar-refractivity contribution in [3.05, 3.63) is 0 Å². The second kappa shape index (κ2) is 5.61. The van der Waals surface area contributed by atoms with Gasteiger partial charge in [0.15, 0.2) is 0 Å². The van der Waals surface area contributed by atoms with E-state index >= 15 is 0 Å². The van der Waals surface area contributed by atoms with E-state index in [4.69, 9.17) is 0 Å². The summed E-state index contributed by atoms with van der Waals surface area (Å²) < 4.78 is 0. The summed E-state index contributed by atoms with van der Waals surface area (Å²) in [5.41, 5.74) is 0. The smallest absolute Gasteiger partial charge is 0.0471 e. The molecule has 1 rings (SSSR count). The van der Waals surface area contributed by atoms with Crippen LogP contribution >= 0.6 is 0 Å². The number of rotatable bonds is 5. The monoisotopic (exact) mass is 185 g/mol. The summed E-state index contributed by atoms with van der Waals surface area (Å²) in [5.74, 6) is 1.21. The van der Waals surface area contributed by atoms with Crippen LogP contribution in [0.3, 0.4) is 0 Å². The molecule has 78 valence electrons. The highest BCUT2D eigenvalue weighted by Crippen LogP contribution is 2.16. The Balaban J connectivity index is 2.21. The zero-order valence-corrected chi connectivity index (χ0v) is 9.00. The van der Waals surface area contributed by atoms with Crippen LogP contribution in [0.2, 0.25) is 0 Å². The molecule has 1 aliphatic rings. The van der Waals surface area contributed by atoms with Crippen LogP contribution in [0.1, 0.15) is 33.1 Å². The van der Waals surface area contributed by atoms with Crippen molar-refractivity contribution in [3.8, 4) is 0 Å². The molecule has 0 radical (unpaired) electrons. The summed E-state index contributed by atoms with van der Waals surface area (Å²) >= 11 is 0. The molecule has 1 unspecified atom stereocenters. The van der Waals surface area contributed by atoms with Gasteiger partial charge in [0.2, 0.25) is 0 Å². The summed E-state index contributed by atoms with van der Waals surface area (Å²) in [6.07, 6.45) is 3.85. The molecule has 0 aliphatic carbocycles. The molecule has 0 bridgehead atoms. The molecular formula is C11H23NO. The molecule has 0 aromatic carbocycles. The van der Waals surface area contributed by atoms with E-state index in [9.17, 15) is 5.11 Å². The van der Waals surface area contributed by atoms with Crippen LogP contribution in [0.5, 0.6) is 0 Å². The number of hydrogen-bond acceptors (Lipinski definition) is 2. The maximum Gasteiger partial charge on any atom is 0.0471 e. The lowest BCUT2D eigenvalue weighted by atomic mass is 9.97. The fourth-order valence-electron chi connectivity index (χ4n) is 2.20. The minimum absolute atomic E-state index is 0.356. The fourth-order valence-corrected chi connectivity index (χ4v) is 2.20. The van der Waals surface area contributed by atoms with Crippen LogP contribution in [0.4, 0.5) is 0 Å². The van der Waals surface area contributed by atoms with Gasteiger partial charge in [-0.2, -0.15) is 0 Å². The zero-order valence-electron chi connectivity index (χ0n) is 9.00. The van der Waals surface area contributed by atoms with Gasteiger partial charge in [-0.25, -0.2) is 0 Å². The van der Waals surface area contributed by atoms with Crippen LogP contribution in [0.25, 0.3) is 0 Å². The molecule has 0 amide bonds. The van der Waals surface area contributed by atoms with Gasteiger partial charge in [-0.05, 0) is 44.2 Å².